The standard InChI is InChI=1S/C81H53N5/c1-81(2)73-44-53(33-38-65(73)79-67-27-12-25-63-61-37-32-52(43-69(61)71(77(63)67)46-74(79)81)50-30-34-56(35-31-50)84(54-17-5-3-6-18-54)59-22-14-40-82-48-59)51-16-11-21-57(42-51)85(60-23-15-41-83-49-60)58-36-39-62-64-26-13-28-68-78(64)72(70(62)45-58)47-76-80(68)66-24-9-10-29-75(66)86(76)55-19-7-4-8-20-55/h3-49H,1-2H3. The first-order chi connectivity index (χ1) is 42.4. The van der Waals surface area contributed by atoms with Crippen molar-refractivity contribution in [2.24, 2.45) is 0 Å². The van der Waals surface area contributed by atoms with Gasteiger partial charge in [-0.25, -0.2) is 0 Å². The van der Waals surface area contributed by atoms with Crippen molar-refractivity contribution in [3.8, 4) is 83.6 Å². The maximum absolute atomic E-state index is 4.69. The molecule has 18 rings (SSSR count). The molecule has 402 valence electrons. The Morgan fingerprint density at radius 3 is 1.58 bits per heavy atom. The van der Waals surface area contributed by atoms with Crippen molar-refractivity contribution in [2.75, 3.05) is 9.80 Å². The average molecular weight is 1100 g/mol. The van der Waals surface area contributed by atoms with Gasteiger partial charge in [-0.1, -0.05) is 159 Å². The van der Waals surface area contributed by atoms with Crippen LogP contribution in [0, 0.1) is 0 Å². The Hall–Kier alpha value is -11.1. The van der Waals surface area contributed by atoms with Crippen LogP contribution in [0.4, 0.5) is 34.1 Å². The van der Waals surface area contributed by atoms with Crippen molar-refractivity contribution < 1.29 is 0 Å². The van der Waals surface area contributed by atoms with Crippen LogP contribution in [0.25, 0.3) is 127 Å². The number of hydrogen-bond donors (Lipinski definition) is 0. The van der Waals surface area contributed by atoms with Gasteiger partial charge in [0.1, 0.15) is 0 Å². The molecule has 3 aliphatic carbocycles. The van der Waals surface area contributed by atoms with Crippen LogP contribution in [0.1, 0.15) is 25.0 Å². The van der Waals surface area contributed by atoms with Gasteiger partial charge < -0.3 is 14.4 Å². The van der Waals surface area contributed by atoms with E-state index in [0.717, 1.165) is 45.4 Å². The van der Waals surface area contributed by atoms with E-state index in [4.69, 9.17) is 0 Å². The van der Waals surface area contributed by atoms with Gasteiger partial charge in [-0.2, -0.15) is 0 Å². The topological polar surface area (TPSA) is 37.2 Å². The SMILES string of the molecule is CC1(C)c2cc(-c3cccc(N(c4cccnc4)c4ccc5c(c4)-c4cc6c(c7cccc-5c47)c4ccccc4n6-c4ccccc4)c3)ccc2-c2c1cc1c3c(cccc23)-c2ccc(-c3ccc(N(c4ccccc4)c4cccnc4)cc3)cc2-1. The molecular formula is C81H53N5. The smallest absolute Gasteiger partial charge is 0.0644 e. The summed E-state index contributed by atoms with van der Waals surface area (Å²) in [7, 11) is 0. The molecule has 3 aromatic heterocycles. The molecule has 3 heterocycles. The fraction of sp³-hybridized carbons (Fsp3) is 0.0370. The van der Waals surface area contributed by atoms with Gasteiger partial charge in [-0.15, -0.1) is 0 Å². The van der Waals surface area contributed by atoms with Crippen LogP contribution in [-0.2, 0) is 5.41 Å². The fourth-order valence-corrected chi connectivity index (χ4v) is 14.9. The van der Waals surface area contributed by atoms with Crippen molar-refractivity contribution in [1.29, 1.82) is 0 Å². The molecule has 86 heavy (non-hydrogen) atoms. The Kier molecular flexibility index (Phi) is 10.4. The molecular weight excluding hydrogens is 1040 g/mol. The van der Waals surface area contributed by atoms with Gasteiger partial charge in [0, 0.05) is 57.0 Å². The summed E-state index contributed by atoms with van der Waals surface area (Å²) in [6, 6.07) is 96.5. The van der Waals surface area contributed by atoms with Crippen LogP contribution in [-0.4, -0.2) is 14.5 Å². The maximum atomic E-state index is 4.69. The fourth-order valence-electron chi connectivity index (χ4n) is 14.9. The normalized spacial score (nSPS) is 12.9. The van der Waals surface area contributed by atoms with E-state index in [-0.39, 0.29) is 5.41 Å². The summed E-state index contributed by atoms with van der Waals surface area (Å²) >= 11 is 0. The summed E-state index contributed by atoms with van der Waals surface area (Å²) in [5.41, 5.74) is 30.0. The molecule has 15 aromatic rings. The zero-order valence-electron chi connectivity index (χ0n) is 47.4. The van der Waals surface area contributed by atoms with Crippen molar-refractivity contribution in [3.63, 3.8) is 0 Å². The highest BCUT2D eigenvalue weighted by Crippen LogP contribution is 2.59. The quantitative estimate of drug-likeness (QED) is 0.144. The van der Waals surface area contributed by atoms with Crippen molar-refractivity contribution in [1.82, 2.24) is 14.5 Å². The largest absolute Gasteiger partial charge is 0.309 e. The van der Waals surface area contributed by atoms with E-state index in [1.165, 1.54) is 127 Å². The number of rotatable bonds is 9. The number of pyridine rings is 2. The lowest BCUT2D eigenvalue weighted by molar-refractivity contribution is 0.661. The molecule has 0 amide bonds. The van der Waals surface area contributed by atoms with Gasteiger partial charge in [0.05, 0.1) is 34.8 Å². The Balaban J connectivity index is 0.708. The van der Waals surface area contributed by atoms with E-state index in [2.05, 4.69) is 287 Å². The first-order valence-corrected chi connectivity index (χ1v) is 29.7. The molecule has 0 radical (unpaired) electrons. The van der Waals surface area contributed by atoms with Gasteiger partial charge in [0.2, 0.25) is 0 Å². The zero-order valence-corrected chi connectivity index (χ0v) is 47.4. The third-order valence-corrected chi connectivity index (χ3v) is 18.8. The zero-order chi connectivity index (χ0) is 56.8. The van der Waals surface area contributed by atoms with Gasteiger partial charge >= 0.3 is 0 Å². The Labute approximate surface area is 498 Å². The number of fused-ring (bicyclic) bond motifs is 14. The molecule has 0 bridgehead atoms. The van der Waals surface area contributed by atoms with Gasteiger partial charge in [0.15, 0.2) is 0 Å². The van der Waals surface area contributed by atoms with E-state index < -0.39 is 0 Å². The maximum Gasteiger partial charge on any atom is 0.0644 e. The summed E-state index contributed by atoms with van der Waals surface area (Å²) in [6.45, 7) is 4.84. The lowest BCUT2D eigenvalue weighted by atomic mass is 9.80. The van der Waals surface area contributed by atoms with Crippen molar-refractivity contribution in [3.05, 3.63) is 297 Å². The van der Waals surface area contributed by atoms with E-state index in [1.807, 2.05) is 36.9 Å². The van der Waals surface area contributed by atoms with Crippen LogP contribution >= 0.6 is 0 Å². The monoisotopic (exact) mass is 1100 g/mol. The van der Waals surface area contributed by atoms with Gasteiger partial charge in [-0.05, 0) is 226 Å². The van der Waals surface area contributed by atoms with E-state index in [1.54, 1.807) is 0 Å². The number of para-hydroxylation sites is 3. The predicted octanol–water partition coefficient (Wildman–Crippen LogP) is 21.8. The summed E-state index contributed by atoms with van der Waals surface area (Å²) in [4.78, 5) is 13.8. The van der Waals surface area contributed by atoms with Crippen LogP contribution in [0.2, 0.25) is 0 Å². The summed E-state index contributed by atoms with van der Waals surface area (Å²) in [5.74, 6) is 0. The lowest BCUT2D eigenvalue weighted by Gasteiger charge is -2.26. The minimum absolute atomic E-state index is 0.262. The van der Waals surface area contributed by atoms with Crippen LogP contribution in [0.3, 0.4) is 0 Å². The number of benzene rings is 12. The molecule has 0 atom stereocenters. The van der Waals surface area contributed by atoms with E-state index in [0.29, 0.717) is 0 Å². The first-order valence-electron chi connectivity index (χ1n) is 29.7. The second-order valence-corrected chi connectivity index (χ2v) is 23.7. The summed E-state index contributed by atoms with van der Waals surface area (Å²) < 4.78 is 2.44. The van der Waals surface area contributed by atoms with Gasteiger partial charge in [0.25, 0.3) is 0 Å². The highest BCUT2D eigenvalue weighted by Gasteiger charge is 2.39. The minimum Gasteiger partial charge on any atom is -0.309 e. The summed E-state index contributed by atoms with van der Waals surface area (Å²) in [6.07, 6.45) is 7.58. The molecule has 0 unspecified atom stereocenters. The molecule has 0 fully saturated rings. The number of anilines is 6. The predicted molar refractivity (Wildman–Crippen MR) is 358 cm³/mol. The number of nitrogens with zero attached hydrogens (tertiary/aromatic N) is 5. The molecule has 3 aliphatic rings. The molecule has 0 N–H and O–H groups in total. The third kappa shape index (κ3) is 7.06. The van der Waals surface area contributed by atoms with Crippen LogP contribution in [0.5, 0.6) is 0 Å². The van der Waals surface area contributed by atoms with Crippen molar-refractivity contribution in [2.45, 2.75) is 19.3 Å². The molecule has 0 saturated carbocycles. The number of hydrogen-bond acceptors (Lipinski definition) is 4. The second kappa shape index (κ2) is 18.4. The van der Waals surface area contributed by atoms with E-state index in [9.17, 15) is 0 Å². The lowest BCUT2D eigenvalue weighted by Crippen LogP contribution is -2.15. The molecule has 0 aliphatic heterocycles. The Bertz CT molecular complexity index is 5260. The minimum atomic E-state index is -0.262. The Morgan fingerprint density at radius 1 is 0.302 bits per heavy atom. The molecule has 5 nitrogen and oxygen atoms in total. The van der Waals surface area contributed by atoms with E-state index >= 15 is 0 Å². The highest BCUT2D eigenvalue weighted by atomic mass is 15.2. The van der Waals surface area contributed by atoms with Crippen LogP contribution in [0.15, 0.2) is 286 Å². The molecule has 12 aromatic carbocycles. The van der Waals surface area contributed by atoms with Crippen molar-refractivity contribution >= 4 is 77.5 Å². The number of aromatic nitrogens is 3. The van der Waals surface area contributed by atoms with Crippen LogP contribution < -0.4 is 9.80 Å². The Morgan fingerprint density at radius 2 is 0.837 bits per heavy atom. The average Bonchev–Trinajstić information content (AvgIpc) is 1.65. The molecule has 0 spiro atoms. The molecule has 5 heteroatoms. The highest BCUT2D eigenvalue weighted by molar-refractivity contribution is 6.29. The molecule has 0 saturated heterocycles. The third-order valence-electron chi connectivity index (χ3n) is 18.8. The first kappa shape index (κ1) is 48.4. The van der Waals surface area contributed by atoms with Gasteiger partial charge in [-0.3, -0.25) is 9.97 Å². The second-order valence-electron chi connectivity index (χ2n) is 23.7. The summed E-state index contributed by atoms with van der Waals surface area (Å²) in [5, 5.41) is 7.81.